The minimum atomic E-state index is -1.01. The summed E-state index contributed by atoms with van der Waals surface area (Å²) in [6.45, 7) is 2.66. The second-order valence-electron chi connectivity index (χ2n) is 6.73. The van der Waals surface area contributed by atoms with Crippen LogP contribution in [-0.2, 0) is 4.79 Å². The number of amides is 1. The van der Waals surface area contributed by atoms with Gasteiger partial charge in [-0.2, -0.15) is 0 Å². The van der Waals surface area contributed by atoms with Crippen molar-refractivity contribution in [3.05, 3.63) is 23.9 Å². The van der Waals surface area contributed by atoms with Crippen LogP contribution in [0.1, 0.15) is 36.0 Å². The van der Waals surface area contributed by atoms with Gasteiger partial charge < -0.3 is 19.8 Å². The molecule has 0 bridgehead atoms. The molecule has 0 saturated carbocycles. The fourth-order valence-corrected chi connectivity index (χ4v) is 2.92. The highest BCUT2D eigenvalue weighted by atomic mass is 16.4. The van der Waals surface area contributed by atoms with Gasteiger partial charge in [0.05, 0.1) is 5.56 Å². The van der Waals surface area contributed by atoms with Crippen molar-refractivity contribution in [2.75, 3.05) is 51.7 Å². The van der Waals surface area contributed by atoms with Gasteiger partial charge in [0, 0.05) is 32.4 Å². The van der Waals surface area contributed by atoms with Gasteiger partial charge in [0.2, 0.25) is 0 Å². The second kappa shape index (κ2) is 9.36. The summed E-state index contributed by atoms with van der Waals surface area (Å²) in [5, 5.41) is 9.06. The van der Waals surface area contributed by atoms with Gasteiger partial charge in [0.1, 0.15) is 12.4 Å². The number of nitrogens with zero attached hydrogens (tertiary/aromatic N) is 4. The number of aromatic nitrogens is 1. The molecule has 0 aromatic carbocycles. The first kappa shape index (κ1) is 19.2. The Morgan fingerprint density at radius 3 is 2.32 bits per heavy atom. The summed E-state index contributed by atoms with van der Waals surface area (Å²) in [7, 11) is 3.78. The van der Waals surface area contributed by atoms with Gasteiger partial charge in [-0.1, -0.05) is 12.8 Å². The minimum Gasteiger partial charge on any atom is -0.480 e. The lowest BCUT2D eigenvalue weighted by Crippen LogP contribution is -2.40. The van der Waals surface area contributed by atoms with Crippen LogP contribution in [-0.4, -0.2) is 78.6 Å². The molecule has 0 radical (unpaired) electrons. The third kappa shape index (κ3) is 6.01. The zero-order valence-corrected chi connectivity index (χ0v) is 15.1. The monoisotopic (exact) mass is 348 g/mol. The summed E-state index contributed by atoms with van der Waals surface area (Å²) in [6.07, 6.45) is 6.40. The number of hydrogen-bond donors (Lipinski definition) is 1. The molecule has 0 spiro atoms. The summed E-state index contributed by atoms with van der Waals surface area (Å²) in [6, 6.07) is 3.61. The molecule has 138 valence electrons. The molecule has 1 aliphatic rings. The smallest absolute Gasteiger partial charge is 0.323 e. The molecule has 1 fully saturated rings. The van der Waals surface area contributed by atoms with Gasteiger partial charge in [0.15, 0.2) is 0 Å². The van der Waals surface area contributed by atoms with E-state index in [0.29, 0.717) is 18.7 Å². The van der Waals surface area contributed by atoms with E-state index in [0.717, 1.165) is 18.9 Å². The normalized spacial score (nSPS) is 15.1. The topological polar surface area (TPSA) is 77.0 Å². The largest absolute Gasteiger partial charge is 0.480 e. The van der Waals surface area contributed by atoms with E-state index in [2.05, 4.69) is 9.88 Å². The fraction of sp³-hybridized carbons (Fsp3) is 0.611. The Kier molecular flexibility index (Phi) is 7.18. The number of hydrogen-bond acceptors (Lipinski definition) is 5. The molecule has 1 saturated heterocycles. The number of likely N-dealkylation sites (N-methyl/N-ethyl adjacent to an activating group) is 1. The average Bonchev–Trinajstić information content (AvgIpc) is 2.87. The van der Waals surface area contributed by atoms with E-state index in [-0.39, 0.29) is 12.5 Å². The Hall–Kier alpha value is -2.15. The molecular weight excluding hydrogens is 320 g/mol. The third-order valence-electron chi connectivity index (χ3n) is 4.36. The standard InChI is InChI=1S/C18H28N4O3/c1-20(2)11-12-22(14-17(23)24)18(25)15-7-8-16(19-13-15)21-9-5-3-4-6-10-21/h7-8,13H,3-6,9-12,14H2,1-2H3,(H,23,24). The van der Waals surface area contributed by atoms with Crippen molar-refractivity contribution in [3.8, 4) is 0 Å². The molecule has 7 heteroatoms. The maximum atomic E-state index is 12.6. The first-order chi connectivity index (χ1) is 12.0. The van der Waals surface area contributed by atoms with E-state index in [1.807, 2.05) is 25.1 Å². The first-order valence-corrected chi connectivity index (χ1v) is 8.84. The van der Waals surface area contributed by atoms with Crippen molar-refractivity contribution in [1.29, 1.82) is 0 Å². The molecule has 0 unspecified atom stereocenters. The summed E-state index contributed by atoms with van der Waals surface area (Å²) in [5.41, 5.74) is 0.429. The van der Waals surface area contributed by atoms with Gasteiger partial charge in [-0.3, -0.25) is 9.59 Å². The quantitative estimate of drug-likeness (QED) is 0.806. The van der Waals surface area contributed by atoms with Gasteiger partial charge in [-0.15, -0.1) is 0 Å². The van der Waals surface area contributed by atoms with Gasteiger partial charge in [-0.05, 0) is 39.1 Å². The number of rotatable bonds is 7. The number of carbonyl (C=O) groups excluding carboxylic acids is 1. The number of carboxylic acid groups (broad SMARTS) is 1. The minimum absolute atomic E-state index is 0.292. The molecule has 25 heavy (non-hydrogen) atoms. The lowest BCUT2D eigenvalue weighted by Gasteiger charge is -2.24. The molecular formula is C18H28N4O3. The van der Waals surface area contributed by atoms with Gasteiger partial charge >= 0.3 is 5.97 Å². The van der Waals surface area contributed by atoms with Crippen LogP contribution in [0.15, 0.2) is 18.3 Å². The van der Waals surface area contributed by atoms with Crippen molar-refractivity contribution in [2.24, 2.45) is 0 Å². The number of carbonyl (C=O) groups is 2. The lowest BCUT2D eigenvalue weighted by molar-refractivity contribution is -0.137. The molecule has 2 rings (SSSR count). The second-order valence-corrected chi connectivity index (χ2v) is 6.73. The fourth-order valence-electron chi connectivity index (χ4n) is 2.92. The summed E-state index contributed by atoms with van der Waals surface area (Å²) < 4.78 is 0. The maximum absolute atomic E-state index is 12.6. The Bertz CT molecular complexity index is 566. The van der Waals surface area contributed by atoms with Crippen LogP contribution in [0.4, 0.5) is 5.82 Å². The Balaban J connectivity index is 2.06. The summed E-state index contributed by atoms with van der Waals surface area (Å²) in [4.78, 5) is 33.6. The van der Waals surface area contributed by atoms with Crippen LogP contribution in [0.5, 0.6) is 0 Å². The van der Waals surface area contributed by atoms with Crippen molar-refractivity contribution in [3.63, 3.8) is 0 Å². The first-order valence-electron chi connectivity index (χ1n) is 8.84. The number of carboxylic acids is 1. The molecule has 1 aromatic rings. The molecule has 1 aliphatic heterocycles. The van der Waals surface area contributed by atoms with E-state index in [9.17, 15) is 9.59 Å². The zero-order chi connectivity index (χ0) is 18.2. The van der Waals surface area contributed by atoms with Crippen LogP contribution in [0.3, 0.4) is 0 Å². The Morgan fingerprint density at radius 2 is 1.80 bits per heavy atom. The molecule has 0 atom stereocenters. The lowest BCUT2D eigenvalue weighted by atomic mass is 10.2. The average molecular weight is 348 g/mol. The van der Waals surface area contributed by atoms with Crippen molar-refractivity contribution < 1.29 is 14.7 Å². The number of anilines is 1. The zero-order valence-electron chi connectivity index (χ0n) is 15.1. The summed E-state index contributed by atoms with van der Waals surface area (Å²) >= 11 is 0. The molecule has 1 N–H and O–H groups in total. The SMILES string of the molecule is CN(C)CCN(CC(=O)O)C(=O)c1ccc(N2CCCCCC2)nc1. The van der Waals surface area contributed by atoms with E-state index < -0.39 is 5.97 Å². The summed E-state index contributed by atoms with van der Waals surface area (Å²) in [5.74, 6) is -0.419. The number of pyridine rings is 1. The van der Waals surface area contributed by atoms with Gasteiger partial charge in [0.25, 0.3) is 5.91 Å². The van der Waals surface area contributed by atoms with Crippen LogP contribution >= 0.6 is 0 Å². The number of aliphatic carboxylic acids is 1. The molecule has 2 heterocycles. The predicted octanol–water partition coefficient (Wildman–Crippen LogP) is 1.55. The van der Waals surface area contributed by atoms with Gasteiger partial charge in [-0.25, -0.2) is 4.98 Å². The molecule has 7 nitrogen and oxygen atoms in total. The van der Waals surface area contributed by atoms with Crippen LogP contribution in [0.2, 0.25) is 0 Å². The Labute approximate surface area is 149 Å². The molecule has 1 aromatic heterocycles. The highest BCUT2D eigenvalue weighted by molar-refractivity contribution is 5.95. The van der Waals surface area contributed by atoms with Crippen molar-refractivity contribution in [1.82, 2.24) is 14.8 Å². The van der Waals surface area contributed by atoms with Crippen LogP contribution in [0, 0.1) is 0 Å². The highest BCUT2D eigenvalue weighted by Gasteiger charge is 2.19. The van der Waals surface area contributed by atoms with Crippen molar-refractivity contribution >= 4 is 17.7 Å². The predicted molar refractivity (Wildman–Crippen MR) is 97.0 cm³/mol. The van der Waals surface area contributed by atoms with Crippen LogP contribution < -0.4 is 4.90 Å². The Morgan fingerprint density at radius 1 is 1.12 bits per heavy atom. The molecule has 0 aliphatic carbocycles. The maximum Gasteiger partial charge on any atom is 0.323 e. The van der Waals surface area contributed by atoms with Crippen LogP contribution in [0.25, 0.3) is 0 Å². The van der Waals surface area contributed by atoms with E-state index in [4.69, 9.17) is 5.11 Å². The van der Waals surface area contributed by atoms with E-state index >= 15 is 0 Å². The third-order valence-corrected chi connectivity index (χ3v) is 4.36. The van der Waals surface area contributed by atoms with E-state index in [1.165, 1.54) is 30.6 Å². The van der Waals surface area contributed by atoms with Crippen molar-refractivity contribution in [2.45, 2.75) is 25.7 Å². The molecule has 1 amide bonds. The highest BCUT2D eigenvalue weighted by Crippen LogP contribution is 2.18. The van der Waals surface area contributed by atoms with E-state index in [1.54, 1.807) is 12.3 Å².